The number of benzene rings is 1. The van der Waals surface area contributed by atoms with Crippen LogP contribution in [0.25, 0.3) is 16.6 Å². The number of hydrogen-bond acceptors (Lipinski definition) is 6. The lowest BCUT2D eigenvalue weighted by Gasteiger charge is -2.02. The fraction of sp³-hybridized carbons (Fsp3) is 0.182. The molecule has 0 saturated heterocycles. The molecule has 6 nitrogen and oxygen atoms in total. The fourth-order valence-electron chi connectivity index (χ4n) is 3.00. The van der Waals surface area contributed by atoms with E-state index in [4.69, 9.17) is 16.3 Å². The molecule has 3 rings (SSSR count). The van der Waals surface area contributed by atoms with Crippen LogP contribution in [0.5, 0.6) is 0 Å². The van der Waals surface area contributed by atoms with Gasteiger partial charge in [0.25, 0.3) is 0 Å². The zero-order valence-corrected chi connectivity index (χ0v) is 18.1. The van der Waals surface area contributed by atoms with Crippen molar-refractivity contribution in [3.63, 3.8) is 0 Å². The molecule has 0 radical (unpaired) electrons. The van der Waals surface area contributed by atoms with Crippen LogP contribution in [0.15, 0.2) is 35.2 Å². The van der Waals surface area contributed by atoms with Gasteiger partial charge in [-0.25, -0.2) is 9.78 Å². The first kappa shape index (κ1) is 21.5. The van der Waals surface area contributed by atoms with E-state index in [9.17, 15) is 14.9 Å². The van der Waals surface area contributed by atoms with E-state index in [1.165, 1.54) is 17.4 Å². The van der Waals surface area contributed by atoms with Gasteiger partial charge in [0.1, 0.15) is 16.6 Å². The topological polar surface area (TPSA) is 95.8 Å². The van der Waals surface area contributed by atoms with Crippen molar-refractivity contribution in [2.24, 2.45) is 0 Å². The predicted molar refractivity (Wildman–Crippen MR) is 117 cm³/mol. The minimum atomic E-state index is -0.505. The molecular formula is C22H18ClN3O3S. The summed E-state index contributed by atoms with van der Waals surface area (Å²) in [6.07, 6.45) is 1.44. The highest BCUT2D eigenvalue weighted by molar-refractivity contribution is 7.13. The number of aromatic nitrogens is 2. The molecule has 30 heavy (non-hydrogen) atoms. The summed E-state index contributed by atoms with van der Waals surface area (Å²) in [5, 5.41) is 12.7. The molecule has 0 fully saturated rings. The Morgan fingerprint density at radius 2 is 2.00 bits per heavy atom. The van der Waals surface area contributed by atoms with Gasteiger partial charge in [0.15, 0.2) is 0 Å². The number of aryl methyl sites for hydroxylation is 1. The smallest absolute Gasteiger partial charge is 0.340 e. The van der Waals surface area contributed by atoms with E-state index in [1.54, 1.807) is 38.3 Å². The van der Waals surface area contributed by atoms with E-state index in [0.717, 1.165) is 10.6 Å². The zero-order chi connectivity index (χ0) is 21.8. The van der Waals surface area contributed by atoms with Crippen molar-refractivity contribution >= 4 is 40.8 Å². The molecule has 0 atom stereocenters. The molecule has 0 unspecified atom stereocenters. The number of carbonyl (C=O) groups is 2. The van der Waals surface area contributed by atoms with E-state index < -0.39 is 11.8 Å². The third kappa shape index (κ3) is 4.35. The maximum Gasteiger partial charge on any atom is 0.340 e. The van der Waals surface area contributed by atoms with Gasteiger partial charge in [0.2, 0.25) is 5.78 Å². The number of esters is 1. The highest BCUT2D eigenvalue weighted by Gasteiger charge is 2.25. The van der Waals surface area contributed by atoms with Gasteiger partial charge >= 0.3 is 5.97 Å². The molecule has 0 amide bonds. The van der Waals surface area contributed by atoms with E-state index in [-0.39, 0.29) is 17.9 Å². The molecule has 0 aliphatic heterocycles. The van der Waals surface area contributed by atoms with Crippen LogP contribution in [0.4, 0.5) is 0 Å². The van der Waals surface area contributed by atoms with Crippen LogP contribution in [-0.4, -0.2) is 28.3 Å². The maximum atomic E-state index is 12.9. The third-order valence-corrected chi connectivity index (χ3v) is 5.58. The Morgan fingerprint density at radius 1 is 1.30 bits per heavy atom. The van der Waals surface area contributed by atoms with Crippen LogP contribution in [0.2, 0.25) is 5.02 Å². The van der Waals surface area contributed by atoms with Crippen molar-refractivity contribution in [1.29, 1.82) is 5.26 Å². The number of Topliss-reactive ketones (excluding diaryl/α,β-unsaturated/α-hetero) is 1. The minimum Gasteiger partial charge on any atom is -0.462 e. The minimum absolute atomic E-state index is 0.0808. The summed E-state index contributed by atoms with van der Waals surface area (Å²) < 4.78 is 5.05. The molecule has 0 spiro atoms. The summed E-state index contributed by atoms with van der Waals surface area (Å²) in [6, 6.07) is 9.19. The number of nitrogens with one attached hydrogen (secondary N) is 1. The predicted octanol–water partition coefficient (Wildman–Crippen LogP) is 5.38. The lowest BCUT2D eigenvalue weighted by Crippen LogP contribution is -2.08. The van der Waals surface area contributed by atoms with Gasteiger partial charge in [-0.15, -0.1) is 11.3 Å². The van der Waals surface area contributed by atoms with Gasteiger partial charge in [-0.05, 0) is 44.5 Å². The molecule has 0 aliphatic carbocycles. The molecule has 0 bridgehead atoms. The van der Waals surface area contributed by atoms with Crippen LogP contribution < -0.4 is 0 Å². The fourth-order valence-corrected chi connectivity index (χ4v) is 3.90. The molecule has 2 heterocycles. The number of rotatable bonds is 6. The molecule has 0 saturated carbocycles. The van der Waals surface area contributed by atoms with Crippen LogP contribution >= 0.6 is 22.9 Å². The van der Waals surface area contributed by atoms with Gasteiger partial charge in [0, 0.05) is 21.7 Å². The number of nitriles is 1. The Balaban J connectivity index is 1.92. The second kappa shape index (κ2) is 9.08. The van der Waals surface area contributed by atoms with E-state index in [0.29, 0.717) is 27.5 Å². The summed E-state index contributed by atoms with van der Waals surface area (Å²) in [4.78, 5) is 32.5. The van der Waals surface area contributed by atoms with Gasteiger partial charge in [-0.3, -0.25) is 4.79 Å². The van der Waals surface area contributed by atoms with Crippen LogP contribution in [0, 0.1) is 25.2 Å². The second-order valence-electron chi connectivity index (χ2n) is 6.43. The van der Waals surface area contributed by atoms with Crippen molar-refractivity contribution in [2.45, 2.75) is 20.8 Å². The van der Waals surface area contributed by atoms with Crippen molar-refractivity contribution < 1.29 is 14.3 Å². The monoisotopic (exact) mass is 439 g/mol. The van der Waals surface area contributed by atoms with E-state index >= 15 is 0 Å². The van der Waals surface area contributed by atoms with Crippen molar-refractivity contribution in [3.05, 3.63) is 68.4 Å². The van der Waals surface area contributed by atoms with Gasteiger partial charge in [-0.1, -0.05) is 23.7 Å². The maximum absolute atomic E-state index is 12.9. The molecule has 1 aromatic carbocycles. The lowest BCUT2D eigenvalue weighted by atomic mass is 10.0. The first-order valence-corrected chi connectivity index (χ1v) is 10.4. The molecule has 3 aromatic rings. The Morgan fingerprint density at radius 3 is 2.63 bits per heavy atom. The number of halogens is 1. The molecule has 152 valence electrons. The number of aromatic amines is 1. The highest BCUT2D eigenvalue weighted by atomic mass is 35.5. The first-order chi connectivity index (χ1) is 14.3. The quantitative estimate of drug-likeness (QED) is 0.241. The van der Waals surface area contributed by atoms with Gasteiger partial charge in [0.05, 0.1) is 23.6 Å². The summed E-state index contributed by atoms with van der Waals surface area (Å²) >= 11 is 7.31. The third-order valence-electron chi connectivity index (χ3n) is 4.41. The van der Waals surface area contributed by atoms with E-state index in [1.807, 2.05) is 18.2 Å². The van der Waals surface area contributed by atoms with E-state index in [2.05, 4.69) is 9.97 Å². The van der Waals surface area contributed by atoms with Crippen LogP contribution in [-0.2, 0) is 4.74 Å². The molecule has 0 aliphatic rings. The second-order valence-corrected chi connectivity index (χ2v) is 7.72. The normalized spacial score (nSPS) is 11.2. The zero-order valence-electron chi connectivity index (χ0n) is 16.6. The standard InChI is InChI=1S/C22H18ClN3O3S/c1-4-29-22(28)18-12(2)19(25-13(18)3)20(27)15(10-24)9-17-11-30-21(26-17)14-5-7-16(23)8-6-14/h5-9,11,25H,4H2,1-3H3/b15-9+. The van der Waals surface area contributed by atoms with Crippen LogP contribution in [0.1, 0.15) is 44.7 Å². The number of thiazole rings is 1. The summed E-state index contributed by atoms with van der Waals surface area (Å²) in [7, 11) is 0. The van der Waals surface area contributed by atoms with Crippen molar-refractivity contribution in [3.8, 4) is 16.6 Å². The average molecular weight is 440 g/mol. The number of hydrogen-bond donors (Lipinski definition) is 1. The Labute approximate surface area is 182 Å². The number of H-pyrrole nitrogens is 1. The average Bonchev–Trinajstić information content (AvgIpc) is 3.30. The molecule has 1 N–H and O–H groups in total. The summed E-state index contributed by atoms with van der Waals surface area (Å²) in [6.45, 7) is 5.28. The largest absolute Gasteiger partial charge is 0.462 e. The number of ether oxygens (including phenoxy) is 1. The van der Waals surface area contributed by atoms with Gasteiger partial charge in [-0.2, -0.15) is 5.26 Å². The van der Waals surface area contributed by atoms with Crippen molar-refractivity contribution in [2.75, 3.05) is 6.61 Å². The first-order valence-electron chi connectivity index (χ1n) is 9.10. The summed E-state index contributed by atoms with van der Waals surface area (Å²) in [5.74, 6) is -1.01. The number of nitrogens with zero attached hydrogens (tertiary/aromatic N) is 2. The molecule has 8 heteroatoms. The summed E-state index contributed by atoms with van der Waals surface area (Å²) in [5.41, 5.74) is 2.79. The Kier molecular flexibility index (Phi) is 6.50. The Bertz CT molecular complexity index is 1180. The number of carbonyl (C=O) groups excluding carboxylic acids is 2. The Hall–Kier alpha value is -3.21. The SMILES string of the molecule is CCOC(=O)c1c(C)[nH]c(C(=O)/C(C#N)=C/c2csc(-c3ccc(Cl)cc3)n2)c1C. The number of allylic oxidation sites excluding steroid dienone is 1. The van der Waals surface area contributed by atoms with Gasteiger partial charge < -0.3 is 9.72 Å². The molecular weight excluding hydrogens is 422 g/mol. The highest BCUT2D eigenvalue weighted by Crippen LogP contribution is 2.27. The van der Waals surface area contributed by atoms with Crippen molar-refractivity contribution in [1.82, 2.24) is 9.97 Å². The lowest BCUT2D eigenvalue weighted by molar-refractivity contribution is 0.0525. The molecule has 2 aromatic heterocycles. The van der Waals surface area contributed by atoms with Crippen LogP contribution in [0.3, 0.4) is 0 Å². The number of ketones is 1.